The van der Waals surface area contributed by atoms with Crippen LogP contribution in [0.3, 0.4) is 0 Å². The van der Waals surface area contributed by atoms with Gasteiger partial charge in [0.05, 0.1) is 30.7 Å². The van der Waals surface area contributed by atoms with Crippen LogP contribution in [-0.2, 0) is 6.54 Å². The molecule has 4 nitrogen and oxygen atoms in total. The van der Waals surface area contributed by atoms with Crippen molar-refractivity contribution in [1.82, 2.24) is 9.55 Å². The molecule has 0 fully saturated rings. The lowest BCUT2D eigenvalue weighted by molar-refractivity contribution is 0.414. The maximum atomic E-state index is 6.08. The lowest BCUT2D eigenvalue weighted by Crippen LogP contribution is -2.02. The molecule has 21 heavy (non-hydrogen) atoms. The zero-order valence-electron chi connectivity index (χ0n) is 12.6. The van der Waals surface area contributed by atoms with Crippen LogP contribution in [0.4, 0.5) is 5.69 Å². The lowest BCUT2D eigenvalue weighted by Gasteiger charge is -2.09. The van der Waals surface area contributed by atoms with E-state index in [1.54, 1.807) is 13.3 Å². The fourth-order valence-electron chi connectivity index (χ4n) is 2.76. The third kappa shape index (κ3) is 2.23. The molecule has 2 aromatic heterocycles. The number of ether oxygens (including phenoxy) is 1. The zero-order chi connectivity index (χ0) is 15.0. The van der Waals surface area contributed by atoms with Gasteiger partial charge in [-0.2, -0.15) is 0 Å². The monoisotopic (exact) mass is 281 g/mol. The molecule has 1 aromatic carbocycles. The Morgan fingerprint density at radius 3 is 2.52 bits per heavy atom. The van der Waals surface area contributed by atoms with Crippen LogP contribution in [0.1, 0.15) is 16.8 Å². The number of anilines is 1. The minimum Gasteiger partial charge on any atom is -0.497 e. The average Bonchev–Trinajstić information content (AvgIpc) is 2.74. The second kappa shape index (κ2) is 5.13. The van der Waals surface area contributed by atoms with Gasteiger partial charge >= 0.3 is 0 Å². The molecule has 0 aliphatic carbocycles. The van der Waals surface area contributed by atoms with Crippen molar-refractivity contribution in [3.8, 4) is 5.75 Å². The molecular weight excluding hydrogens is 262 g/mol. The van der Waals surface area contributed by atoms with E-state index in [9.17, 15) is 0 Å². The quantitative estimate of drug-likeness (QED) is 0.801. The van der Waals surface area contributed by atoms with Crippen molar-refractivity contribution in [1.29, 1.82) is 0 Å². The Hall–Kier alpha value is -2.49. The third-order valence-corrected chi connectivity index (χ3v) is 4.07. The Morgan fingerprint density at radius 2 is 1.86 bits per heavy atom. The van der Waals surface area contributed by atoms with Gasteiger partial charge in [-0.05, 0) is 37.1 Å². The second-order valence-corrected chi connectivity index (χ2v) is 5.27. The first-order valence-corrected chi connectivity index (χ1v) is 6.93. The number of nitrogens with two attached hydrogens (primary N) is 1. The molecule has 0 amide bonds. The summed E-state index contributed by atoms with van der Waals surface area (Å²) < 4.78 is 7.46. The summed E-state index contributed by atoms with van der Waals surface area (Å²) in [6.45, 7) is 5.03. The SMILES string of the molecule is COc1ccc(Cn2c(C)c(C)c3c(N)cncc32)cc1. The maximum absolute atomic E-state index is 6.08. The lowest BCUT2D eigenvalue weighted by atomic mass is 10.2. The number of rotatable bonds is 3. The number of methoxy groups -OCH3 is 1. The number of hydrogen-bond donors (Lipinski definition) is 1. The van der Waals surface area contributed by atoms with E-state index in [1.165, 1.54) is 16.8 Å². The number of fused-ring (bicyclic) bond motifs is 1. The first-order chi connectivity index (χ1) is 10.1. The van der Waals surface area contributed by atoms with E-state index in [4.69, 9.17) is 10.5 Å². The van der Waals surface area contributed by atoms with Crippen LogP contribution in [0, 0.1) is 13.8 Å². The van der Waals surface area contributed by atoms with Crippen LogP contribution >= 0.6 is 0 Å². The van der Waals surface area contributed by atoms with E-state index in [1.807, 2.05) is 18.3 Å². The summed E-state index contributed by atoms with van der Waals surface area (Å²) in [5.74, 6) is 0.870. The highest BCUT2D eigenvalue weighted by Crippen LogP contribution is 2.29. The molecule has 0 saturated carbocycles. The highest BCUT2D eigenvalue weighted by Gasteiger charge is 2.13. The third-order valence-electron chi connectivity index (χ3n) is 4.07. The van der Waals surface area contributed by atoms with Crippen LogP contribution in [0.15, 0.2) is 36.7 Å². The van der Waals surface area contributed by atoms with Gasteiger partial charge in [0.1, 0.15) is 5.75 Å². The molecule has 2 N–H and O–H groups in total. The standard InChI is InChI=1S/C17H19N3O/c1-11-12(2)20(16-9-19-8-15(18)17(11)16)10-13-4-6-14(21-3)7-5-13/h4-9H,10,18H2,1-3H3. The minimum atomic E-state index is 0.738. The van der Waals surface area contributed by atoms with Crippen molar-refractivity contribution in [2.75, 3.05) is 12.8 Å². The first kappa shape index (κ1) is 13.5. The Labute approximate surface area is 124 Å². The van der Waals surface area contributed by atoms with Gasteiger partial charge in [-0.1, -0.05) is 12.1 Å². The van der Waals surface area contributed by atoms with Gasteiger partial charge in [-0.3, -0.25) is 4.98 Å². The maximum Gasteiger partial charge on any atom is 0.118 e. The summed E-state index contributed by atoms with van der Waals surface area (Å²) in [4.78, 5) is 4.23. The molecule has 0 atom stereocenters. The largest absolute Gasteiger partial charge is 0.497 e. The van der Waals surface area contributed by atoms with Gasteiger partial charge in [-0.25, -0.2) is 0 Å². The number of benzene rings is 1. The predicted molar refractivity (Wildman–Crippen MR) is 85.7 cm³/mol. The second-order valence-electron chi connectivity index (χ2n) is 5.27. The van der Waals surface area contributed by atoms with E-state index in [0.29, 0.717) is 0 Å². The number of nitrogen functional groups attached to an aromatic ring is 1. The van der Waals surface area contributed by atoms with Crippen LogP contribution < -0.4 is 10.5 Å². The van der Waals surface area contributed by atoms with E-state index in [-0.39, 0.29) is 0 Å². The Balaban J connectivity index is 2.08. The Bertz CT molecular complexity index is 788. The van der Waals surface area contributed by atoms with Gasteiger partial charge in [0.15, 0.2) is 0 Å². The Morgan fingerprint density at radius 1 is 1.14 bits per heavy atom. The number of aromatic nitrogens is 2. The summed E-state index contributed by atoms with van der Waals surface area (Å²) >= 11 is 0. The molecule has 0 aliphatic rings. The van der Waals surface area contributed by atoms with E-state index >= 15 is 0 Å². The molecular formula is C17H19N3O. The van der Waals surface area contributed by atoms with Crippen molar-refractivity contribution in [3.63, 3.8) is 0 Å². The van der Waals surface area contributed by atoms with Crippen molar-refractivity contribution >= 4 is 16.6 Å². The molecule has 108 valence electrons. The van der Waals surface area contributed by atoms with Gasteiger partial charge in [0.2, 0.25) is 0 Å². The van der Waals surface area contributed by atoms with Gasteiger partial charge in [0, 0.05) is 17.6 Å². The highest BCUT2D eigenvalue weighted by molar-refractivity contribution is 5.94. The molecule has 3 aromatic rings. The number of aryl methyl sites for hydroxylation is 1. The van der Waals surface area contributed by atoms with Crippen molar-refractivity contribution in [2.45, 2.75) is 20.4 Å². The van der Waals surface area contributed by atoms with Crippen LogP contribution in [-0.4, -0.2) is 16.7 Å². The average molecular weight is 281 g/mol. The summed E-state index contributed by atoms with van der Waals surface area (Å²) in [6, 6.07) is 8.13. The van der Waals surface area contributed by atoms with E-state index in [2.05, 4.69) is 35.5 Å². The van der Waals surface area contributed by atoms with Gasteiger partial charge in [-0.15, -0.1) is 0 Å². The summed E-state index contributed by atoms with van der Waals surface area (Å²) in [5, 5.41) is 1.11. The van der Waals surface area contributed by atoms with Crippen LogP contribution in [0.25, 0.3) is 10.9 Å². The van der Waals surface area contributed by atoms with Crippen molar-refractivity contribution in [2.24, 2.45) is 0 Å². The smallest absolute Gasteiger partial charge is 0.118 e. The molecule has 0 radical (unpaired) electrons. The number of nitrogens with zero attached hydrogens (tertiary/aromatic N) is 2. The van der Waals surface area contributed by atoms with Gasteiger partial charge in [0.25, 0.3) is 0 Å². The molecule has 0 bridgehead atoms. The van der Waals surface area contributed by atoms with Crippen molar-refractivity contribution in [3.05, 3.63) is 53.5 Å². The Kier molecular flexibility index (Phi) is 3.29. The minimum absolute atomic E-state index is 0.738. The van der Waals surface area contributed by atoms with Crippen molar-refractivity contribution < 1.29 is 4.74 Å². The topological polar surface area (TPSA) is 53.1 Å². The number of hydrogen-bond acceptors (Lipinski definition) is 3. The van der Waals surface area contributed by atoms with E-state index in [0.717, 1.165) is 28.9 Å². The van der Waals surface area contributed by atoms with Gasteiger partial charge < -0.3 is 15.0 Å². The molecule has 0 unspecified atom stereocenters. The zero-order valence-corrected chi connectivity index (χ0v) is 12.6. The summed E-state index contributed by atoms with van der Waals surface area (Å²) in [7, 11) is 1.68. The fraction of sp³-hybridized carbons (Fsp3) is 0.235. The molecule has 0 saturated heterocycles. The first-order valence-electron chi connectivity index (χ1n) is 6.93. The van der Waals surface area contributed by atoms with Crippen LogP contribution in [0.2, 0.25) is 0 Å². The summed E-state index contributed by atoms with van der Waals surface area (Å²) in [6.07, 6.45) is 3.60. The molecule has 4 heteroatoms. The molecule has 0 aliphatic heterocycles. The molecule has 0 spiro atoms. The predicted octanol–water partition coefficient (Wildman–Crippen LogP) is 3.29. The highest BCUT2D eigenvalue weighted by atomic mass is 16.5. The summed E-state index contributed by atoms with van der Waals surface area (Å²) in [5.41, 5.74) is 11.6. The molecule has 3 rings (SSSR count). The van der Waals surface area contributed by atoms with E-state index < -0.39 is 0 Å². The fourth-order valence-corrected chi connectivity index (χ4v) is 2.76. The number of pyridine rings is 1. The van der Waals surface area contributed by atoms with Crippen LogP contribution in [0.5, 0.6) is 5.75 Å². The molecule has 2 heterocycles. The normalized spacial score (nSPS) is 11.0.